The molecule has 0 atom stereocenters. The van der Waals surface area contributed by atoms with Gasteiger partial charge in [-0.2, -0.15) is 0 Å². The first-order chi connectivity index (χ1) is 12.5. The van der Waals surface area contributed by atoms with Crippen molar-refractivity contribution in [3.63, 3.8) is 0 Å². The normalized spacial score (nSPS) is 11.2. The molecule has 134 valence electrons. The lowest BCUT2D eigenvalue weighted by atomic mass is 10.1. The van der Waals surface area contributed by atoms with Crippen LogP contribution in [0.25, 0.3) is 0 Å². The highest BCUT2D eigenvalue weighted by Gasteiger charge is 2.25. The zero-order valence-electron chi connectivity index (χ0n) is 14.8. The SMILES string of the molecule is COc1ccc(S(=O)(=O)N(Cc2ccccc2C)c2ccccc2)cc1. The van der Waals surface area contributed by atoms with Crippen LogP contribution in [0.15, 0.2) is 83.8 Å². The second kappa shape index (κ2) is 7.62. The van der Waals surface area contributed by atoms with Crippen molar-refractivity contribution >= 4 is 15.7 Å². The number of benzene rings is 3. The van der Waals surface area contributed by atoms with Gasteiger partial charge >= 0.3 is 0 Å². The number of nitrogens with zero attached hydrogens (tertiary/aromatic N) is 1. The van der Waals surface area contributed by atoms with Crippen molar-refractivity contribution in [3.05, 3.63) is 90.0 Å². The van der Waals surface area contributed by atoms with E-state index in [1.807, 2.05) is 49.4 Å². The molecule has 4 nitrogen and oxygen atoms in total. The van der Waals surface area contributed by atoms with E-state index in [1.54, 1.807) is 43.5 Å². The first kappa shape index (κ1) is 18.0. The molecular formula is C21H21NO3S. The molecule has 0 aliphatic heterocycles. The number of methoxy groups -OCH3 is 1. The zero-order chi connectivity index (χ0) is 18.6. The summed E-state index contributed by atoms with van der Waals surface area (Å²) in [4.78, 5) is 0.232. The molecule has 0 saturated carbocycles. The molecule has 0 fully saturated rings. The van der Waals surface area contributed by atoms with Crippen LogP contribution in [0.4, 0.5) is 5.69 Å². The standard InChI is InChI=1S/C21H21NO3S/c1-17-8-6-7-9-18(17)16-22(19-10-4-3-5-11-19)26(23,24)21-14-12-20(25-2)13-15-21/h3-15H,16H2,1-2H3. The number of rotatable bonds is 6. The Morgan fingerprint density at radius 3 is 2.08 bits per heavy atom. The molecule has 0 aliphatic rings. The minimum absolute atomic E-state index is 0.232. The van der Waals surface area contributed by atoms with Crippen molar-refractivity contribution in [2.75, 3.05) is 11.4 Å². The Hall–Kier alpha value is -2.79. The number of aryl methyl sites for hydroxylation is 1. The fourth-order valence-corrected chi connectivity index (χ4v) is 4.17. The molecule has 3 aromatic rings. The lowest BCUT2D eigenvalue weighted by Gasteiger charge is -2.25. The molecule has 0 amide bonds. The van der Waals surface area contributed by atoms with Crippen molar-refractivity contribution in [3.8, 4) is 5.75 Å². The van der Waals surface area contributed by atoms with Crippen molar-refractivity contribution in [1.82, 2.24) is 0 Å². The van der Waals surface area contributed by atoms with E-state index in [0.29, 0.717) is 11.4 Å². The molecule has 0 saturated heterocycles. The summed E-state index contributed by atoms with van der Waals surface area (Å²) in [6.07, 6.45) is 0. The number of anilines is 1. The number of sulfonamides is 1. The molecule has 0 unspecified atom stereocenters. The Balaban J connectivity index is 2.06. The maximum Gasteiger partial charge on any atom is 0.264 e. The van der Waals surface area contributed by atoms with Crippen LogP contribution in [0.2, 0.25) is 0 Å². The summed E-state index contributed by atoms with van der Waals surface area (Å²) in [5.41, 5.74) is 2.65. The molecule has 3 aromatic carbocycles. The zero-order valence-corrected chi connectivity index (χ0v) is 15.6. The Morgan fingerprint density at radius 2 is 1.46 bits per heavy atom. The largest absolute Gasteiger partial charge is 0.497 e. The highest BCUT2D eigenvalue weighted by atomic mass is 32.2. The molecule has 0 spiro atoms. The highest BCUT2D eigenvalue weighted by Crippen LogP contribution is 2.27. The van der Waals surface area contributed by atoms with E-state index in [9.17, 15) is 8.42 Å². The first-order valence-electron chi connectivity index (χ1n) is 8.29. The van der Waals surface area contributed by atoms with Crippen molar-refractivity contribution in [1.29, 1.82) is 0 Å². The van der Waals surface area contributed by atoms with Gasteiger partial charge in [-0.15, -0.1) is 0 Å². The van der Waals surface area contributed by atoms with Gasteiger partial charge < -0.3 is 4.74 Å². The Bertz CT molecular complexity index is 968. The summed E-state index contributed by atoms with van der Waals surface area (Å²) < 4.78 is 33.2. The summed E-state index contributed by atoms with van der Waals surface area (Å²) in [7, 11) is -2.16. The highest BCUT2D eigenvalue weighted by molar-refractivity contribution is 7.92. The lowest BCUT2D eigenvalue weighted by molar-refractivity contribution is 0.414. The minimum Gasteiger partial charge on any atom is -0.497 e. The van der Waals surface area contributed by atoms with E-state index in [1.165, 1.54) is 4.31 Å². The van der Waals surface area contributed by atoms with Crippen molar-refractivity contribution in [2.24, 2.45) is 0 Å². The van der Waals surface area contributed by atoms with E-state index in [0.717, 1.165) is 11.1 Å². The molecule has 3 rings (SSSR count). The van der Waals surface area contributed by atoms with Gasteiger partial charge in [0.15, 0.2) is 0 Å². The Kier molecular flexibility index (Phi) is 5.28. The molecule has 26 heavy (non-hydrogen) atoms. The van der Waals surface area contributed by atoms with Gasteiger partial charge in [0.1, 0.15) is 5.75 Å². The third-order valence-electron chi connectivity index (χ3n) is 4.27. The maximum absolute atomic E-state index is 13.3. The van der Waals surface area contributed by atoms with E-state index >= 15 is 0 Å². The van der Waals surface area contributed by atoms with Gasteiger partial charge in [0, 0.05) is 0 Å². The predicted molar refractivity (Wildman–Crippen MR) is 104 cm³/mol. The van der Waals surface area contributed by atoms with Crippen LogP contribution in [0.1, 0.15) is 11.1 Å². The fourth-order valence-electron chi connectivity index (χ4n) is 2.73. The molecule has 0 N–H and O–H groups in total. The third kappa shape index (κ3) is 3.73. The number of para-hydroxylation sites is 1. The van der Waals surface area contributed by atoms with Crippen LogP contribution in [-0.4, -0.2) is 15.5 Å². The van der Waals surface area contributed by atoms with E-state index in [2.05, 4.69) is 0 Å². The predicted octanol–water partition coefficient (Wildman–Crippen LogP) is 4.40. The van der Waals surface area contributed by atoms with Crippen LogP contribution in [-0.2, 0) is 16.6 Å². The summed E-state index contributed by atoms with van der Waals surface area (Å²) in [6, 6.07) is 23.4. The number of hydrogen-bond acceptors (Lipinski definition) is 3. The number of ether oxygens (including phenoxy) is 1. The molecule has 0 heterocycles. The summed E-state index contributed by atoms with van der Waals surface area (Å²) in [5, 5.41) is 0. The monoisotopic (exact) mass is 367 g/mol. The van der Waals surface area contributed by atoms with Gasteiger partial charge in [-0.25, -0.2) is 8.42 Å². The fraction of sp³-hybridized carbons (Fsp3) is 0.143. The van der Waals surface area contributed by atoms with E-state index in [4.69, 9.17) is 4.74 Å². The van der Waals surface area contributed by atoms with Crippen LogP contribution in [0.5, 0.6) is 5.75 Å². The van der Waals surface area contributed by atoms with Gasteiger partial charge in [-0.05, 0) is 54.4 Å². The van der Waals surface area contributed by atoms with Gasteiger partial charge in [0.2, 0.25) is 0 Å². The smallest absolute Gasteiger partial charge is 0.264 e. The molecule has 0 aliphatic carbocycles. The quantitative estimate of drug-likeness (QED) is 0.649. The van der Waals surface area contributed by atoms with Gasteiger partial charge in [0.25, 0.3) is 10.0 Å². The second-order valence-electron chi connectivity index (χ2n) is 5.95. The van der Waals surface area contributed by atoms with Crippen LogP contribution >= 0.6 is 0 Å². The van der Waals surface area contributed by atoms with Crippen molar-refractivity contribution in [2.45, 2.75) is 18.4 Å². The molecule has 0 radical (unpaired) electrons. The third-order valence-corrected chi connectivity index (χ3v) is 6.05. The van der Waals surface area contributed by atoms with Crippen molar-refractivity contribution < 1.29 is 13.2 Å². The molecule has 5 heteroatoms. The van der Waals surface area contributed by atoms with E-state index in [-0.39, 0.29) is 11.4 Å². The molecule has 0 aromatic heterocycles. The molecule has 0 bridgehead atoms. The van der Waals surface area contributed by atoms with Gasteiger partial charge in [0.05, 0.1) is 24.2 Å². The topological polar surface area (TPSA) is 46.6 Å². The lowest BCUT2D eigenvalue weighted by Crippen LogP contribution is -2.30. The Morgan fingerprint density at radius 1 is 0.846 bits per heavy atom. The average Bonchev–Trinajstić information content (AvgIpc) is 2.68. The minimum atomic E-state index is -3.72. The summed E-state index contributed by atoms with van der Waals surface area (Å²) in [5.74, 6) is 0.620. The second-order valence-corrected chi connectivity index (χ2v) is 7.81. The summed E-state index contributed by atoms with van der Waals surface area (Å²) in [6.45, 7) is 2.25. The average molecular weight is 367 g/mol. The number of hydrogen-bond donors (Lipinski definition) is 0. The van der Waals surface area contributed by atoms with Crippen LogP contribution in [0, 0.1) is 6.92 Å². The summed E-state index contributed by atoms with van der Waals surface area (Å²) >= 11 is 0. The van der Waals surface area contributed by atoms with E-state index < -0.39 is 10.0 Å². The Labute approximate surface area is 154 Å². The maximum atomic E-state index is 13.3. The van der Waals surface area contributed by atoms with Crippen LogP contribution < -0.4 is 9.04 Å². The molecular weight excluding hydrogens is 346 g/mol. The first-order valence-corrected chi connectivity index (χ1v) is 9.73. The van der Waals surface area contributed by atoms with Gasteiger partial charge in [-0.3, -0.25) is 4.31 Å². The van der Waals surface area contributed by atoms with Gasteiger partial charge in [-0.1, -0.05) is 42.5 Å². The van der Waals surface area contributed by atoms with Crippen LogP contribution in [0.3, 0.4) is 0 Å².